The first kappa shape index (κ1) is 39.2. The van der Waals surface area contributed by atoms with Gasteiger partial charge >= 0.3 is 18.2 Å². The van der Waals surface area contributed by atoms with Gasteiger partial charge in [0.25, 0.3) is 0 Å². The second-order valence-electron chi connectivity index (χ2n) is 12.8. The first-order chi connectivity index (χ1) is 20.9. The van der Waals surface area contributed by atoms with Crippen LogP contribution in [-0.4, -0.2) is 79.8 Å². The van der Waals surface area contributed by atoms with E-state index in [1.54, 1.807) is 40.0 Å². The average Bonchev–Trinajstić information content (AvgIpc) is 2.90. The molecule has 1 heterocycles. The molecule has 16 heteroatoms. The van der Waals surface area contributed by atoms with Crippen LogP contribution in [0, 0.1) is 13.8 Å². The van der Waals surface area contributed by atoms with Crippen LogP contribution in [0.1, 0.15) is 82.4 Å². The Morgan fingerprint density at radius 3 is 2.02 bits per heavy atom. The molecule has 262 valence electrons. The van der Waals surface area contributed by atoms with Crippen LogP contribution in [0.2, 0.25) is 0 Å². The van der Waals surface area contributed by atoms with Crippen molar-refractivity contribution in [1.29, 1.82) is 0 Å². The van der Waals surface area contributed by atoms with Crippen LogP contribution < -0.4 is 16.0 Å². The molecular weight excluding hydrogens is 639 g/mol. The number of ether oxygens (including phenoxy) is 1. The summed E-state index contributed by atoms with van der Waals surface area (Å²) in [6, 6.07) is 3.56. The highest BCUT2D eigenvalue weighted by Crippen LogP contribution is 2.39. The molecular formula is C30H45F5N4O6S. The zero-order valence-corrected chi connectivity index (χ0v) is 28.0. The molecule has 1 aliphatic heterocycles. The normalized spacial score (nSPS) is 16.2. The van der Waals surface area contributed by atoms with Gasteiger partial charge in [0.05, 0.1) is 5.75 Å². The smallest absolute Gasteiger partial charge is 0.443 e. The van der Waals surface area contributed by atoms with Gasteiger partial charge in [-0.1, -0.05) is 6.42 Å². The summed E-state index contributed by atoms with van der Waals surface area (Å²) in [5.74, 6) is -6.52. The number of unbranched alkanes of at least 4 members (excludes halogenated alkanes) is 2. The molecule has 1 saturated heterocycles. The third kappa shape index (κ3) is 10.5. The number of amides is 3. The number of primary amides is 1. The molecule has 1 aromatic carbocycles. The van der Waals surface area contributed by atoms with Gasteiger partial charge in [0, 0.05) is 38.7 Å². The van der Waals surface area contributed by atoms with Crippen LogP contribution in [0.15, 0.2) is 12.1 Å². The number of hydrogen-bond donors (Lipinski definition) is 2. The lowest BCUT2D eigenvalue weighted by Gasteiger charge is -2.39. The van der Waals surface area contributed by atoms with Crippen molar-refractivity contribution in [3.8, 4) is 0 Å². The Morgan fingerprint density at radius 1 is 1.00 bits per heavy atom. The zero-order chi connectivity index (χ0) is 35.3. The molecule has 10 nitrogen and oxygen atoms in total. The predicted octanol–water partition coefficient (Wildman–Crippen LogP) is 5.13. The van der Waals surface area contributed by atoms with Gasteiger partial charge in [0.2, 0.25) is 21.8 Å². The summed E-state index contributed by atoms with van der Waals surface area (Å²) in [5, 5.41) is 2.54. The van der Waals surface area contributed by atoms with Gasteiger partial charge in [0.15, 0.2) is 0 Å². The van der Waals surface area contributed by atoms with E-state index >= 15 is 0 Å². The molecule has 0 saturated carbocycles. The first-order valence-corrected chi connectivity index (χ1v) is 16.6. The van der Waals surface area contributed by atoms with Crippen molar-refractivity contribution >= 4 is 33.6 Å². The quantitative estimate of drug-likeness (QED) is 0.218. The number of alkyl halides is 5. The van der Waals surface area contributed by atoms with Gasteiger partial charge < -0.3 is 15.8 Å². The minimum Gasteiger partial charge on any atom is -0.443 e. The van der Waals surface area contributed by atoms with Gasteiger partial charge in [-0.2, -0.15) is 22.0 Å². The fraction of sp³-hybridized carbons (Fsp3) is 0.700. The number of benzene rings is 1. The molecule has 46 heavy (non-hydrogen) atoms. The fourth-order valence-corrected chi connectivity index (χ4v) is 6.67. The molecule has 3 N–H and O–H groups in total. The van der Waals surface area contributed by atoms with Crippen LogP contribution in [0.4, 0.5) is 32.4 Å². The molecule has 0 spiro atoms. The molecule has 0 aromatic heterocycles. The van der Waals surface area contributed by atoms with Crippen molar-refractivity contribution in [3.63, 3.8) is 0 Å². The van der Waals surface area contributed by atoms with Crippen molar-refractivity contribution in [2.45, 2.75) is 109 Å². The van der Waals surface area contributed by atoms with Crippen molar-refractivity contribution in [1.82, 2.24) is 9.62 Å². The van der Waals surface area contributed by atoms with Crippen molar-refractivity contribution in [2.75, 3.05) is 30.8 Å². The van der Waals surface area contributed by atoms with Gasteiger partial charge in [0.1, 0.15) is 11.1 Å². The number of nitrogens with two attached hydrogens (primary N) is 1. The number of halogens is 5. The van der Waals surface area contributed by atoms with E-state index in [4.69, 9.17) is 10.5 Å². The minimum atomic E-state index is -5.63. The summed E-state index contributed by atoms with van der Waals surface area (Å²) in [4.78, 5) is 38.7. The molecule has 0 aliphatic carbocycles. The molecule has 3 amide bonds. The van der Waals surface area contributed by atoms with Crippen molar-refractivity contribution in [3.05, 3.63) is 28.8 Å². The summed E-state index contributed by atoms with van der Waals surface area (Å²) in [5.41, 5.74) is 6.38. The average molecular weight is 685 g/mol. The highest BCUT2D eigenvalue weighted by molar-refractivity contribution is 7.89. The van der Waals surface area contributed by atoms with E-state index in [2.05, 4.69) is 5.32 Å². The topological polar surface area (TPSA) is 139 Å². The lowest BCUT2D eigenvalue weighted by molar-refractivity contribution is -0.284. The third-order valence-corrected chi connectivity index (χ3v) is 9.85. The van der Waals surface area contributed by atoms with Crippen molar-refractivity contribution in [2.24, 2.45) is 5.73 Å². The van der Waals surface area contributed by atoms with Gasteiger partial charge in [-0.3, -0.25) is 14.5 Å². The highest BCUT2D eigenvalue weighted by Gasteiger charge is 2.56. The summed E-state index contributed by atoms with van der Waals surface area (Å²) in [7, 11) is -2.19. The Labute approximate surface area is 267 Å². The van der Waals surface area contributed by atoms with E-state index < -0.39 is 64.0 Å². The number of aryl methyl sites for hydroxylation is 2. The number of piperidine rings is 1. The summed E-state index contributed by atoms with van der Waals surface area (Å²) in [6.45, 7) is 8.76. The number of nitrogens with zero attached hydrogens (tertiary/aromatic N) is 2. The van der Waals surface area contributed by atoms with E-state index in [9.17, 15) is 44.8 Å². The summed E-state index contributed by atoms with van der Waals surface area (Å²) >= 11 is 0. The van der Waals surface area contributed by atoms with Gasteiger partial charge in [-0.15, -0.1) is 0 Å². The van der Waals surface area contributed by atoms with E-state index in [0.29, 0.717) is 5.69 Å². The Balaban J connectivity index is 1.95. The van der Waals surface area contributed by atoms with E-state index in [0.717, 1.165) is 16.7 Å². The highest BCUT2D eigenvalue weighted by atomic mass is 32.2. The van der Waals surface area contributed by atoms with Crippen LogP contribution in [0.25, 0.3) is 0 Å². The summed E-state index contributed by atoms with van der Waals surface area (Å²) in [6.07, 6.45) is -8.23. The maximum atomic E-state index is 13.2. The van der Waals surface area contributed by atoms with Gasteiger partial charge in [-0.05, 0) is 95.5 Å². The fourth-order valence-electron chi connectivity index (χ4n) is 5.21. The number of anilines is 1. The molecule has 1 aromatic rings. The first-order valence-electron chi connectivity index (χ1n) is 15.0. The molecule has 0 atom stereocenters. The third-order valence-electron chi connectivity index (χ3n) is 7.97. The lowest BCUT2D eigenvalue weighted by Crippen LogP contribution is -2.62. The Morgan fingerprint density at radius 2 is 1.54 bits per heavy atom. The Kier molecular flexibility index (Phi) is 12.6. The molecule has 0 radical (unpaired) electrons. The molecule has 2 rings (SSSR count). The maximum Gasteiger partial charge on any atom is 0.453 e. The number of carbonyl (C=O) groups is 3. The van der Waals surface area contributed by atoms with Crippen molar-refractivity contribution < 1.29 is 49.5 Å². The van der Waals surface area contributed by atoms with E-state index in [-0.39, 0.29) is 57.4 Å². The number of nitrogens with one attached hydrogen (secondary N) is 1. The number of rotatable bonds is 13. The minimum absolute atomic E-state index is 0.0201. The van der Waals surface area contributed by atoms with Crippen LogP contribution in [0.3, 0.4) is 0 Å². The monoisotopic (exact) mass is 684 g/mol. The second-order valence-corrected chi connectivity index (χ2v) is 14.9. The molecule has 0 bridgehead atoms. The molecule has 1 fully saturated rings. The predicted molar refractivity (Wildman–Crippen MR) is 163 cm³/mol. The largest absolute Gasteiger partial charge is 0.453 e. The molecule has 0 unspecified atom stereocenters. The number of sulfonamides is 1. The Bertz CT molecular complexity index is 1350. The lowest BCUT2D eigenvalue weighted by atomic mass is 9.87. The van der Waals surface area contributed by atoms with Crippen LogP contribution in [0.5, 0.6) is 0 Å². The molecule has 1 aliphatic rings. The zero-order valence-electron chi connectivity index (χ0n) is 27.2. The standard InChI is InChI=1S/C30H45F5N4O6S/c1-20-18-22(38(6)26(42)45-27(3,4)5)19-21(2)23(20)11-17-46(43,44)39-15-13-28(14-16-39,25(36)41)37-24(40)10-8-7-9-12-29(31,32)30(33,34)35/h18-19H,7-17H2,1-6H3,(H2,36,41)(H,37,40). The number of hydrogen-bond acceptors (Lipinski definition) is 6. The Hall–Kier alpha value is -3.01. The van der Waals surface area contributed by atoms with E-state index in [1.165, 1.54) is 9.21 Å². The second kappa shape index (κ2) is 14.8. The summed E-state index contributed by atoms with van der Waals surface area (Å²) < 4.78 is 96.1. The maximum absolute atomic E-state index is 13.2. The van der Waals surface area contributed by atoms with Crippen LogP contribution in [-0.2, 0) is 30.8 Å². The SMILES string of the molecule is Cc1cc(N(C)C(=O)OC(C)(C)C)cc(C)c1CCS(=O)(=O)N1CCC(NC(=O)CCCCCC(F)(F)C(F)(F)F)(C(N)=O)CC1. The van der Waals surface area contributed by atoms with Gasteiger partial charge in [-0.25, -0.2) is 17.5 Å². The van der Waals surface area contributed by atoms with Crippen LogP contribution >= 0.6 is 0 Å². The van der Waals surface area contributed by atoms with E-state index in [1.807, 2.05) is 13.8 Å². The number of carbonyl (C=O) groups excluding carboxylic acids is 3.